The van der Waals surface area contributed by atoms with E-state index >= 15 is 0 Å². The van der Waals surface area contributed by atoms with Crippen LogP contribution in [-0.4, -0.2) is 11.5 Å². The zero-order chi connectivity index (χ0) is 13.1. The quantitative estimate of drug-likeness (QED) is 0.709. The molecule has 3 aromatic rings. The second-order valence-electron chi connectivity index (χ2n) is 4.44. The van der Waals surface area contributed by atoms with E-state index in [0.29, 0.717) is 12.4 Å². The van der Waals surface area contributed by atoms with Gasteiger partial charge in [-0.3, -0.25) is 0 Å². The largest absolute Gasteiger partial charge is 0.464 e. The Hall–Kier alpha value is -2.07. The summed E-state index contributed by atoms with van der Waals surface area (Å²) >= 11 is 0. The molecule has 0 spiro atoms. The standard InChI is InChI=1S/C15H16N2O2/c1-2-7-16-9-15-17-8-14(19-15)12-10-18-13-6-4-3-5-11(12)13/h3-6,8,10,16H,2,7,9H2,1H3. The van der Waals surface area contributed by atoms with E-state index in [1.165, 1.54) is 0 Å². The molecule has 0 saturated heterocycles. The highest BCUT2D eigenvalue weighted by Crippen LogP contribution is 2.30. The van der Waals surface area contributed by atoms with Crippen LogP contribution in [0.25, 0.3) is 22.3 Å². The van der Waals surface area contributed by atoms with Gasteiger partial charge in [-0.2, -0.15) is 0 Å². The maximum absolute atomic E-state index is 5.75. The first-order valence-electron chi connectivity index (χ1n) is 6.50. The zero-order valence-corrected chi connectivity index (χ0v) is 10.8. The molecule has 1 N–H and O–H groups in total. The van der Waals surface area contributed by atoms with E-state index in [0.717, 1.165) is 35.3 Å². The summed E-state index contributed by atoms with van der Waals surface area (Å²) in [6.45, 7) is 3.75. The predicted octanol–water partition coefficient (Wildman–Crippen LogP) is 3.59. The zero-order valence-electron chi connectivity index (χ0n) is 10.8. The predicted molar refractivity (Wildman–Crippen MR) is 73.7 cm³/mol. The van der Waals surface area contributed by atoms with E-state index in [-0.39, 0.29) is 0 Å². The fourth-order valence-corrected chi connectivity index (χ4v) is 2.06. The van der Waals surface area contributed by atoms with Crippen molar-refractivity contribution in [1.29, 1.82) is 0 Å². The van der Waals surface area contributed by atoms with Crippen molar-refractivity contribution in [3.8, 4) is 11.3 Å². The van der Waals surface area contributed by atoms with Gasteiger partial charge in [-0.05, 0) is 19.0 Å². The molecule has 0 bridgehead atoms. The highest BCUT2D eigenvalue weighted by atomic mass is 16.4. The van der Waals surface area contributed by atoms with Gasteiger partial charge in [-0.1, -0.05) is 25.1 Å². The van der Waals surface area contributed by atoms with E-state index in [1.807, 2.05) is 24.3 Å². The van der Waals surface area contributed by atoms with Crippen LogP contribution in [0.4, 0.5) is 0 Å². The third kappa shape index (κ3) is 2.39. The summed E-state index contributed by atoms with van der Waals surface area (Å²) < 4.78 is 11.3. The Morgan fingerprint density at radius 2 is 2.16 bits per heavy atom. The normalized spacial score (nSPS) is 11.2. The summed E-state index contributed by atoms with van der Waals surface area (Å²) in [7, 11) is 0. The number of nitrogens with zero attached hydrogens (tertiary/aromatic N) is 1. The molecule has 4 heteroatoms. The molecule has 0 saturated carbocycles. The van der Waals surface area contributed by atoms with Gasteiger partial charge in [0.1, 0.15) is 11.8 Å². The van der Waals surface area contributed by atoms with Gasteiger partial charge < -0.3 is 14.2 Å². The first kappa shape index (κ1) is 12.0. The average molecular weight is 256 g/mol. The number of aromatic nitrogens is 1. The fourth-order valence-electron chi connectivity index (χ4n) is 2.06. The lowest BCUT2D eigenvalue weighted by Gasteiger charge is -1.97. The first-order valence-corrected chi connectivity index (χ1v) is 6.50. The van der Waals surface area contributed by atoms with Crippen molar-refractivity contribution in [2.45, 2.75) is 19.9 Å². The van der Waals surface area contributed by atoms with E-state index in [9.17, 15) is 0 Å². The molecule has 0 unspecified atom stereocenters. The molecule has 0 radical (unpaired) electrons. The highest BCUT2D eigenvalue weighted by molar-refractivity contribution is 5.92. The summed E-state index contributed by atoms with van der Waals surface area (Å²) in [4.78, 5) is 4.28. The monoisotopic (exact) mass is 256 g/mol. The smallest absolute Gasteiger partial charge is 0.208 e. The summed E-state index contributed by atoms with van der Waals surface area (Å²) in [6.07, 6.45) is 4.56. The number of rotatable bonds is 5. The number of para-hydroxylation sites is 1. The molecule has 0 amide bonds. The minimum Gasteiger partial charge on any atom is -0.464 e. The fraction of sp³-hybridized carbons (Fsp3) is 0.267. The SMILES string of the molecule is CCCNCc1ncc(-c2coc3ccccc23)o1. The topological polar surface area (TPSA) is 51.2 Å². The van der Waals surface area contributed by atoms with Crippen LogP contribution in [0, 0.1) is 0 Å². The summed E-state index contributed by atoms with van der Waals surface area (Å²) in [5, 5.41) is 4.32. The van der Waals surface area contributed by atoms with Crippen LogP contribution in [0.15, 0.2) is 45.6 Å². The molecule has 3 rings (SSSR count). The number of fused-ring (bicyclic) bond motifs is 1. The van der Waals surface area contributed by atoms with Crippen LogP contribution in [0.2, 0.25) is 0 Å². The highest BCUT2D eigenvalue weighted by Gasteiger charge is 2.12. The Morgan fingerprint density at radius 1 is 1.26 bits per heavy atom. The Labute approximate surface area is 111 Å². The Morgan fingerprint density at radius 3 is 3.05 bits per heavy atom. The van der Waals surface area contributed by atoms with E-state index < -0.39 is 0 Å². The molecule has 4 nitrogen and oxygen atoms in total. The van der Waals surface area contributed by atoms with Gasteiger partial charge in [0.2, 0.25) is 5.89 Å². The van der Waals surface area contributed by atoms with Crippen molar-refractivity contribution in [3.63, 3.8) is 0 Å². The minimum atomic E-state index is 0.656. The number of hydrogen-bond acceptors (Lipinski definition) is 4. The lowest BCUT2D eigenvalue weighted by molar-refractivity contribution is 0.477. The molecule has 98 valence electrons. The summed E-state index contributed by atoms with van der Waals surface area (Å²) in [5.41, 5.74) is 1.81. The molecular formula is C15H16N2O2. The van der Waals surface area contributed by atoms with Gasteiger partial charge in [-0.15, -0.1) is 0 Å². The number of nitrogens with one attached hydrogen (secondary N) is 1. The molecule has 2 heterocycles. The molecule has 0 aliphatic heterocycles. The molecule has 19 heavy (non-hydrogen) atoms. The molecule has 2 aromatic heterocycles. The molecule has 0 aliphatic rings. The third-order valence-corrected chi connectivity index (χ3v) is 3.00. The van der Waals surface area contributed by atoms with Gasteiger partial charge in [0, 0.05) is 5.39 Å². The Bertz CT molecular complexity index is 669. The molecule has 0 atom stereocenters. The number of hydrogen-bond donors (Lipinski definition) is 1. The molecular weight excluding hydrogens is 240 g/mol. The van der Waals surface area contributed by atoms with Crippen molar-refractivity contribution in [3.05, 3.63) is 42.6 Å². The van der Waals surface area contributed by atoms with Gasteiger partial charge >= 0.3 is 0 Å². The maximum atomic E-state index is 5.75. The van der Waals surface area contributed by atoms with Crippen LogP contribution in [0.5, 0.6) is 0 Å². The lowest BCUT2D eigenvalue weighted by Crippen LogP contribution is -2.13. The van der Waals surface area contributed by atoms with E-state index in [1.54, 1.807) is 12.5 Å². The molecule has 0 aliphatic carbocycles. The van der Waals surface area contributed by atoms with Crippen LogP contribution in [-0.2, 0) is 6.54 Å². The first-order chi connectivity index (χ1) is 9.38. The molecule has 0 fully saturated rings. The second-order valence-corrected chi connectivity index (χ2v) is 4.44. The van der Waals surface area contributed by atoms with Gasteiger partial charge in [0.05, 0.1) is 18.3 Å². The van der Waals surface area contributed by atoms with Gasteiger partial charge in [-0.25, -0.2) is 4.98 Å². The van der Waals surface area contributed by atoms with Crippen molar-refractivity contribution in [1.82, 2.24) is 10.3 Å². The van der Waals surface area contributed by atoms with Crippen molar-refractivity contribution < 1.29 is 8.83 Å². The molecule has 1 aromatic carbocycles. The maximum Gasteiger partial charge on any atom is 0.208 e. The average Bonchev–Trinajstić information content (AvgIpc) is 3.05. The van der Waals surface area contributed by atoms with Crippen LogP contribution >= 0.6 is 0 Å². The van der Waals surface area contributed by atoms with Crippen LogP contribution < -0.4 is 5.32 Å². The number of furan rings is 1. The third-order valence-electron chi connectivity index (χ3n) is 3.00. The number of oxazole rings is 1. The van der Waals surface area contributed by atoms with Crippen LogP contribution in [0.1, 0.15) is 19.2 Å². The number of benzene rings is 1. The second kappa shape index (κ2) is 5.28. The van der Waals surface area contributed by atoms with E-state index in [2.05, 4.69) is 17.2 Å². The van der Waals surface area contributed by atoms with Crippen molar-refractivity contribution in [2.24, 2.45) is 0 Å². The Balaban J connectivity index is 1.86. The van der Waals surface area contributed by atoms with Crippen LogP contribution in [0.3, 0.4) is 0 Å². The van der Waals surface area contributed by atoms with Crippen molar-refractivity contribution >= 4 is 11.0 Å². The minimum absolute atomic E-state index is 0.656. The summed E-state index contributed by atoms with van der Waals surface area (Å²) in [5.74, 6) is 1.45. The van der Waals surface area contributed by atoms with Crippen molar-refractivity contribution in [2.75, 3.05) is 6.54 Å². The Kier molecular flexibility index (Phi) is 3.33. The summed E-state index contributed by atoms with van der Waals surface area (Å²) in [6, 6.07) is 7.90. The van der Waals surface area contributed by atoms with Gasteiger partial charge in [0.15, 0.2) is 5.76 Å². The van der Waals surface area contributed by atoms with E-state index in [4.69, 9.17) is 8.83 Å². The lowest BCUT2D eigenvalue weighted by atomic mass is 10.1. The van der Waals surface area contributed by atoms with Gasteiger partial charge in [0.25, 0.3) is 0 Å².